The Bertz CT molecular complexity index is 1720. The van der Waals surface area contributed by atoms with Crippen LogP contribution in [0.3, 0.4) is 0 Å². The highest BCUT2D eigenvalue weighted by atomic mass is 19.4. The molecule has 0 spiro atoms. The monoisotopic (exact) mass is 650 g/mol. The molecular formula is C36H41F3N4O4. The standard InChI is InChI=1S/C36H41F3N4O4/c1-23-18-43(24(2)22-44)35(46)17-26-15-29(40-34(45)16-27-20-42(4)31-8-6-5-7-30(27)31)13-14-32(26)47-33(23)21-41(3)19-25-9-11-28(12-10-25)36(37,38)39/h5-15,20,23-24,33,44H,16-19,21-22H2,1-4H3,(H,40,45)/t23-,24-,33-/m0/s1. The summed E-state index contributed by atoms with van der Waals surface area (Å²) in [7, 11) is 3.81. The van der Waals surface area contributed by atoms with E-state index in [1.54, 1.807) is 30.0 Å². The van der Waals surface area contributed by atoms with Crippen LogP contribution in [0.15, 0.2) is 72.9 Å². The zero-order chi connectivity index (χ0) is 33.9. The van der Waals surface area contributed by atoms with Crippen LogP contribution in [0.25, 0.3) is 10.9 Å². The van der Waals surface area contributed by atoms with Crippen LogP contribution >= 0.6 is 0 Å². The van der Waals surface area contributed by atoms with E-state index in [0.29, 0.717) is 36.6 Å². The number of anilines is 1. The smallest absolute Gasteiger partial charge is 0.416 e. The number of halogens is 3. The second-order valence-electron chi connectivity index (χ2n) is 12.6. The number of fused-ring (bicyclic) bond motifs is 2. The van der Waals surface area contributed by atoms with Gasteiger partial charge < -0.3 is 24.6 Å². The molecule has 8 nitrogen and oxygen atoms in total. The van der Waals surface area contributed by atoms with Crippen LogP contribution in [0.2, 0.25) is 0 Å². The van der Waals surface area contributed by atoms with Crippen molar-refractivity contribution in [3.8, 4) is 5.75 Å². The number of nitrogens with one attached hydrogen (secondary N) is 1. The highest BCUT2D eigenvalue weighted by Gasteiger charge is 2.32. The Balaban J connectivity index is 1.35. The topological polar surface area (TPSA) is 87.0 Å². The minimum Gasteiger partial charge on any atom is -0.488 e. The molecule has 5 rings (SSSR count). The molecule has 11 heteroatoms. The van der Waals surface area contributed by atoms with Crippen molar-refractivity contribution in [1.82, 2.24) is 14.4 Å². The first-order valence-corrected chi connectivity index (χ1v) is 15.7. The lowest BCUT2D eigenvalue weighted by Gasteiger charge is -2.34. The summed E-state index contributed by atoms with van der Waals surface area (Å²) in [5.74, 6) is 0.0162. The molecule has 2 amide bonds. The first-order valence-electron chi connectivity index (χ1n) is 15.7. The number of likely N-dealkylation sites (N-methyl/N-ethyl adjacent to an activating group) is 1. The minimum atomic E-state index is -4.40. The number of hydrogen-bond donors (Lipinski definition) is 2. The number of rotatable bonds is 9. The Morgan fingerprint density at radius 3 is 2.55 bits per heavy atom. The van der Waals surface area contributed by atoms with Gasteiger partial charge in [-0.05, 0) is 61.5 Å². The molecule has 3 aromatic carbocycles. The lowest BCUT2D eigenvalue weighted by molar-refractivity contribution is -0.137. The first kappa shape index (κ1) is 34.0. The molecule has 1 aliphatic heterocycles. The van der Waals surface area contributed by atoms with E-state index in [1.165, 1.54) is 12.1 Å². The third kappa shape index (κ3) is 8.15. The van der Waals surface area contributed by atoms with Crippen molar-refractivity contribution in [3.05, 3.63) is 95.2 Å². The van der Waals surface area contributed by atoms with Crippen molar-refractivity contribution in [1.29, 1.82) is 0 Å². The van der Waals surface area contributed by atoms with E-state index in [4.69, 9.17) is 4.74 Å². The SMILES string of the molecule is C[C@H]1CN([C@@H](C)CO)C(=O)Cc2cc(NC(=O)Cc3cn(C)c4ccccc34)ccc2O[C@H]1CN(C)Cc1ccc(C(F)(F)F)cc1. The van der Waals surface area contributed by atoms with E-state index >= 15 is 0 Å². The van der Waals surface area contributed by atoms with E-state index in [9.17, 15) is 27.9 Å². The van der Waals surface area contributed by atoms with E-state index in [0.717, 1.165) is 34.2 Å². The Kier molecular flexibility index (Phi) is 10.3. The molecule has 2 N–H and O–H groups in total. The molecule has 0 saturated heterocycles. The zero-order valence-corrected chi connectivity index (χ0v) is 27.1. The van der Waals surface area contributed by atoms with Crippen LogP contribution in [0.1, 0.15) is 36.1 Å². The lowest BCUT2D eigenvalue weighted by atomic mass is 10.0. The van der Waals surface area contributed by atoms with Gasteiger partial charge in [-0.2, -0.15) is 13.2 Å². The second kappa shape index (κ2) is 14.2. The largest absolute Gasteiger partial charge is 0.488 e. The van der Waals surface area contributed by atoms with E-state index < -0.39 is 17.8 Å². The predicted molar refractivity (Wildman–Crippen MR) is 175 cm³/mol. The first-order chi connectivity index (χ1) is 22.3. The fourth-order valence-corrected chi connectivity index (χ4v) is 6.15. The number of ether oxygens (including phenoxy) is 1. The summed E-state index contributed by atoms with van der Waals surface area (Å²) in [6.45, 7) is 4.75. The molecule has 47 heavy (non-hydrogen) atoms. The summed E-state index contributed by atoms with van der Waals surface area (Å²) in [6.07, 6.45) is -2.63. The van der Waals surface area contributed by atoms with Gasteiger partial charge in [0.25, 0.3) is 0 Å². The average Bonchev–Trinajstić information content (AvgIpc) is 3.35. The Morgan fingerprint density at radius 2 is 1.85 bits per heavy atom. The Hall–Kier alpha value is -4.35. The number of carbonyl (C=O) groups excluding carboxylic acids is 2. The molecule has 3 atom stereocenters. The minimum absolute atomic E-state index is 0.0214. The summed E-state index contributed by atoms with van der Waals surface area (Å²) in [5, 5.41) is 13.9. The number of aryl methyl sites for hydroxylation is 1. The van der Waals surface area contributed by atoms with Crippen LogP contribution in [-0.2, 0) is 42.2 Å². The average molecular weight is 651 g/mol. The number of carbonyl (C=O) groups is 2. The zero-order valence-electron chi connectivity index (χ0n) is 27.1. The van der Waals surface area contributed by atoms with Crippen molar-refractivity contribution < 1.29 is 32.6 Å². The molecular weight excluding hydrogens is 609 g/mol. The van der Waals surface area contributed by atoms with Gasteiger partial charge in [-0.1, -0.05) is 37.3 Å². The van der Waals surface area contributed by atoms with Gasteiger partial charge in [0.1, 0.15) is 11.9 Å². The van der Waals surface area contributed by atoms with Gasteiger partial charge in [0.15, 0.2) is 0 Å². The Labute approximate surface area is 272 Å². The molecule has 1 aliphatic rings. The highest BCUT2D eigenvalue weighted by molar-refractivity contribution is 5.96. The van der Waals surface area contributed by atoms with Gasteiger partial charge in [0.05, 0.1) is 31.1 Å². The van der Waals surface area contributed by atoms with Crippen LogP contribution in [0.5, 0.6) is 5.75 Å². The number of hydrogen-bond acceptors (Lipinski definition) is 5. The Morgan fingerprint density at radius 1 is 1.13 bits per heavy atom. The molecule has 1 aromatic heterocycles. The van der Waals surface area contributed by atoms with E-state index in [2.05, 4.69) is 5.32 Å². The van der Waals surface area contributed by atoms with Crippen molar-refractivity contribution in [3.63, 3.8) is 0 Å². The van der Waals surface area contributed by atoms with Gasteiger partial charge in [-0.3, -0.25) is 14.5 Å². The summed E-state index contributed by atoms with van der Waals surface area (Å²) in [6, 6.07) is 17.9. The van der Waals surface area contributed by atoms with Crippen molar-refractivity contribution in [2.24, 2.45) is 13.0 Å². The molecule has 0 radical (unpaired) electrons. The number of aromatic nitrogens is 1. The van der Waals surface area contributed by atoms with Gasteiger partial charge in [0, 0.05) is 61.0 Å². The molecule has 250 valence electrons. The van der Waals surface area contributed by atoms with Crippen LogP contribution in [0, 0.1) is 5.92 Å². The lowest BCUT2D eigenvalue weighted by Crippen LogP contribution is -2.47. The number of nitrogens with zero attached hydrogens (tertiary/aromatic N) is 3. The molecule has 0 fully saturated rings. The predicted octanol–water partition coefficient (Wildman–Crippen LogP) is 5.66. The summed E-state index contributed by atoms with van der Waals surface area (Å²) >= 11 is 0. The van der Waals surface area contributed by atoms with Gasteiger partial charge in [-0.15, -0.1) is 0 Å². The van der Waals surface area contributed by atoms with Gasteiger partial charge >= 0.3 is 6.18 Å². The molecule has 0 aliphatic carbocycles. The number of para-hydroxylation sites is 1. The third-order valence-electron chi connectivity index (χ3n) is 8.76. The maximum Gasteiger partial charge on any atom is 0.416 e. The number of alkyl halides is 3. The molecule has 2 heterocycles. The third-order valence-corrected chi connectivity index (χ3v) is 8.76. The summed E-state index contributed by atoms with van der Waals surface area (Å²) in [5.41, 5.74) is 3.13. The van der Waals surface area contributed by atoms with Crippen molar-refractivity contribution in [2.75, 3.05) is 32.1 Å². The van der Waals surface area contributed by atoms with E-state index in [-0.39, 0.29) is 43.3 Å². The second-order valence-corrected chi connectivity index (χ2v) is 12.6. The number of aliphatic hydroxyl groups excluding tert-OH is 1. The fraction of sp³-hybridized carbons (Fsp3) is 0.389. The van der Waals surface area contributed by atoms with Gasteiger partial charge in [0.2, 0.25) is 11.8 Å². The quantitative estimate of drug-likeness (QED) is 0.244. The van der Waals surface area contributed by atoms with Gasteiger partial charge in [-0.25, -0.2) is 0 Å². The molecule has 0 unspecified atom stereocenters. The summed E-state index contributed by atoms with van der Waals surface area (Å²) < 4.78 is 47.7. The normalized spacial score (nSPS) is 17.9. The number of benzene rings is 3. The van der Waals surface area contributed by atoms with Crippen LogP contribution in [0.4, 0.5) is 18.9 Å². The highest BCUT2D eigenvalue weighted by Crippen LogP contribution is 2.31. The maximum absolute atomic E-state index is 13.6. The molecule has 4 aromatic rings. The van der Waals surface area contributed by atoms with Crippen molar-refractivity contribution in [2.45, 2.75) is 51.6 Å². The van der Waals surface area contributed by atoms with Crippen molar-refractivity contribution >= 4 is 28.4 Å². The van der Waals surface area contributed by atoms with Crippen LogP contribution < -0.4 is 10.1 Å². The summed E-state index contributed by atoms with van der Waals surface area (Å²) in [4.78, 5) is 30.4. The number of aliphatic hydroxyl groups is 1. The van der Waals surface area contributed by atoms with E-state index in [1.807, 2.05) is 60.9 Å². The fourth-order valence-electron chi connectivity index (χ4n) is 6.15. The maximum atomic E-state index is 13.6. The molecule has 0 saturated carbocycles. The molecule has 0 bridgehead atoms. The van der Waals surface area contributed by atoms with Crippen LogP contribution in [-0.4, -0.2) is 70.2 Å². The number of amides is 2.